The van der Waals surface area contributed by atoms with Crippen molar-refractivity contribution < 1.29 is 0 Å². The summed E-state index contributed by atoms with van der Waals surface area (Å²) in [5, 5.41) is 0. The van der Waals surface area contributed by atoms with Crippen molar-refractivity contribution in [2.75, 3.05) is 18.0 Å². The first-order valence-electron chi connectivity index (χ1n) is 6.24. The first-order chi connectivity index (χ1) is 8.63. The Morgan fingerprint density at radius 2 is 2.39 bits per heavy atom. The summed E-state index contributed by atoms with van der Waals surface area (Å²) < 4.78 is 1.78. The van der Waals surface area contributed by atoms with E-state index in [1.807, 2.05) is 11.8 Å². The Kier molecular flexibility index (Phi) is 3.96. The van der Waals surface area contributed by atoms with Crippen LogP contribution >= 0.6 is 12.2 Å². The van der Waals surface area contributed by atoms with Crippen LogP contribution in [-0.4, -0.2) is 27.6 Å². The van der Waals surface area contributed by atoms with Gasteiger partial charge in [-0.05, 0) is 19.8 Å². The van der Waals surface area contributed by atoms with Gasteiger partial charge >= 0.3 is 0 Å². The Balaban J connectivity index is 2.22. The van der Waals surface area contributed by atoms with Crippen molar-refractivity contribution in [2.24, 2.45) is 5.73 Å². The molecule has 1 heterocycles. The fourth-order valence-corrected chi connectivity index (χ4v) is 2.02. The molecule has 5 nitrogen and oxygen atoms in total. The smallest absolute Gasteiger partial charge is 0.293 e. The van der Waals surface area contributed by atoms with Crippen molar-refractivity contribution >= 4 is 23.0 Å². The molecule has 1 aromatic heterocycles. The van der Waals surface area contributed by atoms with Gasteiger partial charge in [-0.3, -0.25) is 4.79 Å². The second-order valence-electron chi connectivity index (χ2n) is 4.49. The molecule has 0 aliphatic heterocycles. The van der Waals surface area contributed by atoms with Crippen molar-refractivity contribution in [3.05, 3.63) is 22.7 Å². The maximum atomic E-state index is 12.3. The fraction of sp³-hybridized carbons (Fsp3) is 0.583. The Bertz CT molecular complexity index is 495. The van der Waals surface area contributed by atoms with Gasteiger partial charge in [-0.25, -0.2) is 4.98 Å². The summed E-state index contributed by atoms with van der Waals surface area (Å²) in [5.74, 6) is 0.503. The maximum Gasteiger partial charge on any atom is 0.293 e. The van der Waals surface area contributed by atoms with Gasteiger partial charge in [0.15, 0.2) is 5.82 Å². The lowest BCUT2D eigenvalue weighted by atomic mass is 10.3. The van der Waals surface area contributed by atoms with Crippen LogP contribution in [0.4, 0.5) is 5.82 Å². The van der Waals surface area contributed by atoms with Crippen molar-refractivity contribution in [1.29, 1.82) is 0 Å². The normalized spacial score (nSPS) is 14.5. The van der Waals surface area contributed by atoms with E-state index in [0.29, 0.717) is 29.8 Å². The summed E-state index contributed by atoms with van der Waals surface area (Å²) >= 11 is 4.87. The van der Waals surface area contributed by atoms with Crippen LogP contribution in [0.5, 0.6) is 0 Å². The van der Waals surface area contributed by atoms with Gasteiger partial charge in [0, 0.05) is 37.9 Å². The van der Waals surface area contributed by atoms with E-state index in [9.17, 15) is 4.79 Å². The first kappa shape index (κ1) is 13.0. The van der Waals surface area contributed by atoms with Crippen LogP contribution < -0.4 is 16.2 Å². The molecule has 0 spiro atoms. The van der Waals surface area contributed by atoms with Crippen LogP contribution in [-0.2, 0) is 0 Å². The van der Waals surface area contributed by atoms with Crippen LogP contribution in [0.2, 0.25) is 0 Å². The van der Waals surface area contributed by atoms with Gasteiger partial charge in [0.1, 0.15) is 0 Å². The zero-order valence-electron chi connectivity index (χ0n) is 10.5. The molecule has 0 radical (unpaired) electrons. The molecule has 0 amide bonds. The molecular weight excluding hydrogens is 248 g/mol. The zero-order chi connectivity index (χ0) is 13.1. The summed E-state index contributed by atoms with van der Waals surface area (Å²) in [6.45, 7) is 3.36. The molecule has 0 bridgehead atoms. The van der Waals surface area contributed by atoms with Gasteiger partial charge in [0.05, 0.1) is 4.99 Å². The molecule has 0 aromatic carbocycles. The number of hydrogen-bond donors (Lipinski definition) is 1. The van der Waals surface area contributed by atoms with E-state index in [1.54, 1.807) is 17.0 Å². The molecule has 18 heavy (non-hydrogen) atoms. The largest absolute Gasteiger partial charge is 0.393 e. The summed E-state index contributed by atoms with van der Waals surface area (Å²) in [6, 6.07) is 0.369. The minimum absolute atomic E-state index is 0.00945. The van der Waals surface area contributed by atoms with Gasteiger partial charge in [0.25, 0.3) is 5.56 Å². The maximum absolute atomic E-state index is 12.3. The molecule has 1 fully saturated rings. The lowest BCUT2D eigenvalue weighted by Crippen LogP contribution is -2.35. The number of aromatic nitrogens is 2. The van der Waals surface area contributed by atoms with Crippen molar-refractivity contribution in [3.8, 4) is 0 Å². The summed E-state index contributed by atoms with van der Waals surface area (Å²) in [7, 11) is 0. The van der Waals surface area contributed by atoms with Crippen molar-refractivity contribution in [1.82, 2.24) is 9.55 Å². The second kappa shape index (κ2) is 5.48. The number of thiocarbonyl (C=S) groups is 1. The molecule has 1 aliphatic carbocycles. The Morgan fingerprint density at radius 1 is 1.67 bits per heavy atom. The summed E-state index contributed by atoms with van der Waals surface area (Å²) in [6.07, 6.45) is 6.23. The number of nitrogens with zero attached hydrogens (tertiary/aromatic N) is 3. The van der Waals surface area contributed by atoms with E-state index in [2.05, 4.69) is 4.98 Å². The van der Waals surface area contributed by atoms with E-state index >= 15 is 0 Å². The quantitative estimate of drug-likeness (QED) is 0.781. The first-order valence-corrected chi connectivity index (χ1v) is 6.64. The molecule has 2 N–H and O–H groups in total. The SMILES string of the molecule is CCN(CCC(N)=S)c1nccn(C2CC2)c1=O. The molecule has 1 aromatic rings. The summed E-state index contributed by atoms with van der Waals surface area (Å²) in [4.78, 5) is 18.9. The van der Waals surface area contributed by atoms with E-state index < -0.39 is 0 Å². The van der Waals surface area contributed by atoms with Gasteiger partial charge < -0.3 is 15.2 Å². The van der Waals surface area contributed by atoms with Crippen molar-refractivity contribution in [2.45, 2.75) is 32.2 Å². The average molecular weight is 266 g/mol. The van der Waals surface area contributed by atoms with Crippen LogP contribution in [0.15, 0.2) is 17.2 Å². The Morgan fingerprint density at radius 3 is 2.94 bits per heavy atom. The standard InChI is InChI=1S/C12H18N4OS/c1-2-15(7-5-10(13)18)11-12(17)16(8-6-14-11)9-3-4-9/h6,8-9H,2-5,7H2,1H3,(H2,13,18). The predicted molar refractivity (Wildman–Crippen MR) is 76.1 cm³/mol. The highest BCUT2D eigenvalue weighted by Crippen LogP contribution is 2.33. The van der Waals surface area contributed by atoms with Crippen LogP contribution in [0.3, 0.4) is 0 Å². The number of anilines is 1. The van der Waals surface area contributed by atoms with Crippen LogP contribution in [0, 0.1) is 0 Å². The topological polar surface area (TPSA) is 64.2 Å². The van der Waals surface area contributed by atoms with Crippen LogP contribution in [0.1, 0.15) is 32.2 Å². The van der Waals surface area contributed by atoms with E-state index in [-0.39, 0.29) is 5.56 Å². The molecule has 0 unspecified atom stereocenters. The minimum Gasteiger partial charge on any atom is -0.393 e. The lowest BCUT2D eigenvalue weighted by Gasteiger charge is -2.21. The summed E-state index contributed by atoms with van der Waals surface area (Å²) in [5.41, 5.74) is 5.49. The molecule has 98 valence electrons. The number of hydrogen-bond acceptors (Lipinski definition) is 4. The van der Waals surface area contributed by atoms with Gasteiger partial charge in [-0.2, -0.15) is 0 Å². The molecule has 6 heteroatoms. The third-order valence-corrected chi connectivity index (χ3v) is 3.30. The molecule has 0 saturated heterocycles. The zero-order valence-corrected chi connectivity index (χ0v) is 11.3. The molecule has 0 atom stereocenters. The predicted octanol–water partition coefficient (Wildman–Crippen LogP) is 1.08. The fourth-order valence-electron chi connectivity index (χ4n) is 1.93. The van der Waals surface area contributed by atoms with Crippen molar-refractivity contribution in [3.63, 3.8) is 0 Å². The third-order valence-electron chi connectivity index (χ3n) is 3.10. The Hall–Kier alpha value is -1.43. The average Bonchev–Trinajstić information content (AvgIpc) is 3.15. The van der Waals surface area contributed by atoms with Gasteiger partial charge in [-0.1, -0.05) is 12.2 Å². The third kappa shape index (κ3) is 2.87. The van der Waals surface area contributed by atoms with E-state index in [1.165, 1.54) is 0 Å². The molecule has 1 saturated carbocycles. The highest BCUT2D eigenvalue weighted by atomic mass is 32.1. The molecular formula is C12H18N4OS. The molecule has 2 rings (SSSR count). The number of rotatable bonds is 6. The number of nitrogens with two attached hydrogens (primary N) is 1. The monoisotopic (exact) mass is 266 g/mol. The van der Waals surface area contributed by atoms with Crippen LogP contribution in [0.25, 0.3) is 0 Å². The highest BCUT2D eigenvalue weighted by Gasteiger charge is 2.26. The lowest BCUT2D eigenvalue weighted by molar-refractivity contribution is 0.685. The molecule has 1 aliphatic rings. The van der Waals surface area contributed by atoms with Gasteiger partial charge in [0.2, 0.25) is 0 Å². The highest BCUT2D eigenvalue weighted by molar-refractivity contribution is 7.80. The van der Waals surface area contributed by atoms with E-state index in [4.69, 9.17) is 18.0 Å². The second-order valence-corrected chi connectivity index (χ2v) is 5.01. The minimum atomic E-state index is -0.00945. The van der Waals surface area contributed by atoms with Gasteiger partial charge in [-0.15, -0.1) is 0 Å². The Labute approximate surface area is 112 Å². The van der Waals surface area contributed by atoms with E-state index in [0.717, 1.165) is 19.4 Å².